The molecule has 0 saturated heterocycles. The van der Waals surface area contributed by atoms with Crippen molar-refractivity contribution < 1.29 is 13.2 Å². The first-order valence-corrected chi connectivity index (χ1v) is 5.16. The van der Waals surface area contributed by atoms with Gasteiger partial charge in [-0.15, -0.1) is 0 Å². The predicted octanol–water partition coefficient (Wildman–Crippen LogP) is 1.62. The highest BCUT2D eigenvalue weighted by molar-refractivity contribution is 7.80. The van der Waals surface area contributed by atoms with E-state index >= 15 is 0 Å². The Hall–Kier alpha value is -1.37. The van der Waals surface area contributed by atoms with E-state index in [1.54, 1.807) is 0 Å². The lowest BCUT2D eigenvalue weighted by atomic mass is 10.1. The molecule has 94 valence electrons. The fourth-order valence-electron chi connectivity index (χ4n) is 1.35. The van der Waals surface area contributed by atoms with Gasteiger partial charge in [-0.05, 0) is 13.0 Å². The Morgan fingerprint density at radius 2 is 2.18 bits per heavy atom. The highest BCUT2D eigenvalue weighted by Gasteiger charge is 2.41. The van der Waals surface area contributed by atoms with Crippen LogP contribution in [0, 0.1) is 12.8 Å². The number of nitrogens with zero attached hydrogens (tertiary/aromatic N) is 1. The summed E-state index contributed by atoms with van der Waals surface area (Å²) in [5.74, 6) is -1.99. The van der Waals surface area contributed by atoms with Crippen molar-refractivity contribution in [1.82, 2.24) is 4.57 Å². The first-order chi connectivity index (χ1) is 7.73. The smallest absolute Gasteiger partial charge is 0.393 e. The van der Waals surface area contributed by atoms with Gasteiger partial charge in [-0.3, -0.25) is 4.79 Å². The van der Waals surface area contributed by atoms with Crippen molar-refractivity contribution in [3.63, 3.8) is 0 Å². The molecule has 0 aliphatic heterocycles. The maximum absolute atomic E-state index is 12.6. The molecular formula is C10H11F3N2OS. The lowest BCUT2D eigenvalue weighted by Crippen LogP contribution is -2.40. The fraction of sp³-hybridized carbons (Fsp3) is 0.400. The van der Waals surface area contributed by atoms with E-state index in [0.29, 0.717) is 5.56 Å². The SMILES string of the molecule is Cc1cccn(CC(C(N)=S)C(F)(F)F)c1=O. The molecular weight excluding hydrogens is 253 g/mol. The molecule has 2 N–H and O–H groups in total. The predicted molar refractivity (Wildman–Crippen MR) is 61.8 cm³/mol. The molecule has 0 aliphatic rings. The van der Waals surface area contributed by atoms with Crippen LogP contribution in [0.2, 0.25) is 0 Å². The van der Waals surface area contributed by atoms with E-state index in [-0.39, 0.29) is 0 Å². The van der Waals surface area contributed by atoms with Gasteiger partial charge in [0.2, 0.25) is 0 Å². The molecule has 0 spiro atoms. The molecule has 7 heteroatoms. The van der Waals surface area contributed by atoms with E-state index in [1.165, 1.54) is 25.3 Å². The average molecular weight is 264 g/mol. The molecule has 0 bridgehead atoms. The Kier molecular flexibility index (Phi) is 3.92. The molecule has 0 saturated carbocycles. The zero-order chi connectivity index (χ0) is 13.2. The molecule has 1 aromatic rings. The number of thiocarbonyl (C=S) groups is 1. The zero-order valence-electron chi connectivity index (χ0n) is 8.99. The van der Waals surface area contributed by atoms with Crippen LogP contribution in [0.1, 0.15) is 5.56 Å². The average Bonchev–Trinajstić information content (AvgIpc) is 2.17. The summed E-state index contributed by atoms with van der Waals surface area (Å²) in [5.41, 5.74) is 4.95. The highest BCUT2D eigenvalue weighted by atomic mass is 32.1. The summed E-state index contributed by atoms with van der Waals surface area (Å²) in [4.78, 5) is 10.9. The third-order valence-electron chi connectivity index (χ3n) is 2.33. The van der Waals surface area contributed by atoms with Crippen LogP contribution in [0.3, 0.4) is 0 Å². The van der Waals surface area contributed by atoms with Gasteiger partial charge in [-0.2, -0.15) is 13.2 Å². The first kappa shape index (κ1) is 13.7. The molecule has 17 heavy (non-hydrogen) atoms. The van der Waals surface area contributed by atoms with Crippen LogP contribution >= 0.6 is 12.2 Å². The van der Waals surface area contributed by atoms with E-state index in [1.807, 2.05) is 0 Å². The Balaban J connectivity index is 3.07. The molecule has 0 fully saturated rings. The Morgan fingerprint density at radius 3 is 2.65 bits per heavy atom. The molecule has 0 aromatic carbocycles. The number of nitrogens with two attached hydrogens (primary N) is 1. The van der Waals surface area contributed by atoms with E-state index in [4.69, 9.17) is 5.73 Å². The minimum Gasteiger partial charge on any atom is -0.393 e. The van der Waals surface area contributed by atoms with Crippen molar-refractivity contribution in [2.75, 3.05) is 0 Å². The number of aromatic nitrogens is 1. The number of aryl methyl sites for hydroxylation is 1. The molecule has 0 amide bonds. The molecule has 0 aliphatic carbocycles. The third-order valence-corrected chi connectivity index (χ3v) is 2.61. The van der Waals surface area contributed by atoms with E-state index in [2.05, 4.69) is 12.2 Å². The minimum absolute atomic E-state index is 0.372. The van der Waals surface area contributed by atoms with Crippen molar-refractivity contribution in [1.29, 1.82) is 0 Å². The third kappa shape index (κ3) is 3.29. The van der Waals surface area contributed by atoms with Crippen molar-refractivity contribution in [2.45, 2.75) is 19.6 Å². The van der Waals surface area contributed by atoms with Crippen LogP contribution in [0.15, 0.2) is 23.1 Å². The highest BCUT2D eigenvalue weighted by Crippen LogP contribution is 2.27. The van der Waals surface area contributed by atoms with Gasteiger partial charge in [0.25, 0.3) is 5.56 Å². The summed E-state index contributed by atoms with van der Waals surface area (Å²) in [6.45, 7) is 0.946. The fourth-order valence-corrected chi connectivity index (χ4v) is 1.56. The lowest BCUT2D eigenvalue weighted by Gasteiger charge is -2.20. The van der Waals surface area contributed by atoms with Crippen molar-refractivity contribution >= 4 is 17.2 Å². The van der Waals surface area contributed by atoms with Crippen molar-refractivity contribution in [3.05, 3.63) is 34.2 Å². The van der Waals surface area contributed by atoms with Crippen molar-refractivity contribution in [3.8, 4) is 0 Å². The molecule has 1 heterocycles. The van der Waals surface area contributed by atoms with Crippen LogP contribution < -0.4 is 11.3 Å². The molecule has 1 aromatic heterocycles. The zero-order valence-corrected chi connectivity index (χ0v) is 9.81. The number of halogens is 3. The standard InChI is InChI=1S/C10H11F3N2OS/c1-6-3-2-4-15(9(6)16)5-7(8(14)17)10(11,12)13/h2-4,7H,5H2,1H3,(H2,14,17). The minimum atomic E-state index is -4.55. The molecule has 1 unspecified atom stereocenters. The largest absolute Gasteiger partial charge is 0.399 e. The van der Waals surface area contributed by atoms with Gasteiger partial charge in [-0.25, -0.2) is 0 Å². The number of rotatable bonds is 3. The van der Waals surface area contributed by atoms with Gasteiger partial charge in [0, 0.05) is 18.3 Å². The van der Waals surface area contributed by atoms with Gasteiger partial charge in [0.1, 0.15) is 5.92 Å². The maximum atomic E-state index is 12.6. The Bertz CT molecular complexity index is 481. The second-order valence-electron chi connectivity index (χ2n) is 3.65. The second-order valence-corrected chi connectivity index (χ2v) is 4.12. The number of pyridine rings is 1. The van der Waals surface area contributed by atoms with Crippen molar-refractivity contribution in [2.24, 2.45) is 11.7 Å². The van der Waals surface area contributed by atoms with E-state index in [9.17, 15) is 18.0 Å². The number of hydrogen-bond donors (Lipinski definition) is 1. The molecule has 1 atom stereocenters. The van der Waals surface area contributed by atoms with Crippen LogP contribution in [0.4, 0.5) is 13.2 Å². The molecule has 3 nitrogen and oxygen atoms in total. The summed E-state index contributed by atoms with van der Waals surface area (Å²) < 4.78 is 38.8. The van der Waals surface area contributed by atoms with Crippen LogP contribution in [0.25, 0.3) is 0 Å². The lowest BCUT2D eigenvalue weighted by molar-refractivity contribution is -0.158. The summed E-state index contributed by atoms with van der Waals surface area (Å²) >= 11 is 4.38. The van der Waals surface area contributed by atoms with Gasteiger partial charge in [-0.1, -0.05) is 18.3 Å². The summed E-state index contributed by atoms with van der Waals surface area (Å²) in [7, 11) is 0. The second kappa shape index (κ2) is 4.87. The number of hydrogen-bond acceptors (Lipinski definition) is 2. The van der Waals surface area contributed by atoms with Gasteiger partial charge < -0.3 is 10.3 Å². The summed E-state index contributed by atoms with van der Waals surface area (Å²) in [5, 5.41) is 0. The molecule has 1 rings (SSSR count). The van der Waals surface area contributed by atoms with Gasteiger partial charge in [0.05, 0.1) is 4.99 Å². The summed E-state index contributed by atoms with van der Waals surface area (Å²) in [6, 6.07) is 3.03. The Morgan fingerprint density at radius 1 is 1.59 bits per heavy atom. The quantitative estimate of drug-likeness (QED) is 0.844. The van der Waals surface area contributed by atoms with E-state index in [0.717, 1.165) is 4.57 Å². The normalized spacial score (nSPS) is 13.4. The van der Waals surface area contributed by atoms with Crippen LogP contribution in [-0.4, -0.2) is 15.7 Å². The van der Waals surface area contributed by atoms with Gasteiger partial charge >= 0.3 is 6.18 Å². The van der Waals surface area contributed by atoms with Crippen LogP contribution in [0.5, 0.6) is 0 Å². The van der Waals surface area contributed by atoms with E-state index < -0.39 is 29.2 Å². The first-order valence-electron chi connectivity index (χ1n) is 4.75. The van der Waals surface area contributed by atoms with Gasteiger partial charge in [0.15, 0.2) is 0 Å². The monoisotopic (exact) mass is 264 g/mol. The molecule has 0 radical (unpaired) electrons. The topological polar surface area (TPSA) is 48.0 Å². The summed E-state index contributed by atoms with van der Waals surface area (Å²) in [6.07, 6.45) is -3.26. The van der Waals surface area contributed by atoms with Crippen LogP contribution in [-0.2, 0) is 6.54 Å². The number of alkyl halides is 3. The Labute approximate surface area is 101 Å². The maximum Gasteiger partial charge on any atom is 0.399 e.